The van der Waals surface area contributed by atoms with E-state index >= 15 is 0 Å². The fourth-order valence-corrected chi connectivity index (χ4v) is 2.59. The van der Waals surface area contributed by atoms with Crippen molar-refractivity contribution in [1.29, 1.82) is 0 Å². The lowest BCUT2D eigenvalue weighted by molar-refractivity contribution is -0.121. The van der Waals surface area contributed by atoms with Crippen LogP contribution in [0.3, 0.4) is 0 Å². The number of ketones is 1. The highest BCUT2D eigenvalue weighted by atomic mass is 16.1. The number of hydrogen-bond acceptors (Lipinski definition) is 1. The maximum Gasteiger partial charge on any atom is 0.139 e. The predicted molar refractivity (Wildman–Crippen MR) is 93.2 cm³/mol. The van der Waals surface area contributed by atoms with Gasteiger partial charge in [0.1, 0.15) is 5.78 Å². The molecule has 1 heteroatoms. The predicted octanol–water partition coefficient (Wildman–Crippen LogP) is 5.12. The minimum absolute atomic E-state index is 0.211. The number of unbranched alkanes of at least 4 members (excludes halogenated alkanes) is 1. The zero-order valence-corrected chi connectivity index (χ0v) is 13.9. The van der Waals surface area contributed by atoms with Crippen LogP contribution in [-0.2, 0) is 23.1 Å². The highest BCUT2D eigenvalue weighted by Gasteiger charge is 2.25. The number of carbonyl (C=O) groups excluding carboxylic acids is 1. The average molecular weight is 294 g/mol. The van der Waals surface area contributed by atoms with Gasteiger partial charge in [-0.3, -0.25) is 4.79 Å². The molecule has 0 amide bonds. The molecule has 0 aliphatic carbocycles. The number of aryl methyl sites for hydroxylation is 2. The molecule has 116 valence electrons. The van der Waals surface area contributed by atoms with Crippen molar-refractivity contribution in [3.63, 3.8) is 0 Å². The Morgan fingerprint density at radius 3 is 1.82 bits per heavy atom. The van der Waals surface area contributed by atoms with Crippen LogP contribution in [0.1, 0.15) is 50.3 Å². The third-order valence-corrected chi connectivity index (χ3v) is 4.58. The van der Waals surface area contributed by atoms with Crippen LogP contribution in [0.4, 0.5) is 0 Å². The highest BCUT2D eigenvalue weighted by Crippen LogP contribution is 2.24. The van der Waals surface area contributed by atoms with Crippen LogP contribution in [0.15, 0.2) is 54.6 Å². The summed E-state index contributed by atoms with van der Waals surface area (Å²) in [5, 5.41) is 0. The summed E-state index contributed by atoms with van der Waals surface area (Å²) in [6, 6.07) is 19.2. The normalized spacial score (nSPS) is 11.4. The van der Waals surface area contributed by atoms with E-state index in [9.17, 15) is 4.79 Å². The fourth-order valence-electron chi connectivity index (χ4n) is 2.59. The molecule has 0 N–H and O–H groups in total. The van der Waals surface area contributed by atoms with E-state index in [2.05, 4.69) is 54.6 Å². The van der Waals surface area contributed by atoms with Gasteiger partial charge in [0, 0.05) is 5.41 Å². The van der Waals surface area contributed by atoms with E-state index in [4.69, 9.17) is 0 Å². The molecule has 0 aromatic heterocycles. The van der Waals surface area contributed by atoms with Gasteiger partial charge in [-0.25, -0.2) is 0 Å². The first-order valence-corrected chi connectivity index (χ1v) is 8.14. The van der Waals surface area contributed by atoms with Gasteiger partial charge >= 0.3 is 0 Å². The number of benzene rings is 2. The zero-order valence-electron chi connectivity index (χ0n) is 13.9. The van der Waals surface area contributed by atoms with Gasteiger partial charge in [0.2, 0.25) is 0 Å². The fraction of sp³-hybridized carbons (Fsp3) is 0.381. The van der Waals surface area contributed by atoms with E-state index in [-0.39, 0.29) is 11.2 Å². The van der Waals surface area contributed by atoms with Crippen molar-refractivity contribution in [2.45, 2.75) is 51.9 Å². The van der Waals surface area contributed by atoms with Crippen LogP contribution in [-0.4, -0.2) is 5.78 Å². The molecule has 2 aromatic carbocycles. The van der Waals surface area contributed by atoms with E-state index in [0.717, 1.165) is 18.4 Å². The molecule has 0 radical (unpaired) electrons. The van der Waals surface area contributed by atoms with E-state index in [1.807, 2.05) is 13.8 Å². The van der Waals surface area contributed by atoms with Crippen molar-refractivity contribution in [1.82, 2.24) is 0 Å². The summed E-state index contributed by atoms with van der Waals surface area (Å²) < 4.78 is 0. The highest BCUT2D eigenvalue weighted by molar-refractivity contribution is 5.87. The Kier molecular flexibility index (Phi) is 5.54. The molecule has 0 spiro atoms. The summed E-state index contributed by atoms with van der Waals surface area (Å²) in [5.74, 6) is 0.211. The second-order valence-corrected chi connectivity index (χ2v) is 6.57. The van der Waals surface area contributed by atoms with Crippen molar-refractivity contribution in [2.75, 3.05) is 0 Å². The Bertz CT molecular complexity index is 594. The molecule has 1 nitrogen and oxygen atoms in total. The lowest BCUT2D eigenvalue weighted by atomic mass is 9.81. The van der Waals surface area contributed by atoms with Gasteiger partial charge in [0.05, 0.1) is 0 Å². The Morgan fingerprint density at radius 2 is 1.32 bits per heavy atom. The third-order valence-electron chi connectivity index (χ3n) is 4.58. The van der Waals surface area contributed by atoms with Gasteiger partial charge in [-0.2, -0.15) is 0 Å². The van der Waals surface area contributed by atoms with Crippen molar-refractivity contribution < 1.29 is 4.79 Å². The molecule has 0 aliphatic heterocycles. The maximum atomic E-state index is 11.7. The van der Waals surface area contributed by atoms with Gasteiger partial charge in [0.15, 0.2) is 0 Å². The molecular weight excluding hydrogens is 268 g/mol. The summed E-state index contributed by atoms with van der Waals surface area (Å²) in [7, 11) is 0. The summed E-state index contributed by atoms with van der Waals surface area (Å²) in [4.78, 5) is 11.7. The standard InChI is InChI=1S/C21H26O/c1-17(22)21(2,3)20-15-13-19(14-16-20)12-8-7-11-18-9-5-4-6-10-18/h4-6,9-10,13-16H,7-8,11-12H2,1-3H3. The van der Waals surface area contributed by atoms with Crippen molar-refractivity contribution in [3.05, 3.63) is 71.3 Å². The lowest BCUT2D eigenvalue weighted by Crippen LogP contribution is -2.26. The Morgan fingerprint density at radius 1 is 0.818 bits per heavy atom. The molecule has 0 bridgehead atoms. The van der Waals surface area contributed by atoms with Crippen LogP contribution >= 0.6 is 0 Å². The first kappa shape index (κ1) is 16.5. The smallest absolute Gasteiger partial charge is 0.139 e. The van der Waals surface area contributed by atoms with Gasteiger partial charge in [-0.1, -0.05) is 54.6 Å². The number of rotatable bonds is 7. The van der Waals surface area contributed by atoms with Crippen molar-refractivity contribution in [2.24, 2.45) is 0 Å². The van der Waals surface area contributed by atoms with E-state index in [0.29, 0.717) is 0 Å². The summed E-state index contributed by atoms with van der Waals surface area (Å²) >= 11 is 0. The molecule has 0 atom stereocenters. The van der Waals surface area contributed by atoms with Gasteiger partial charge in [-0.05, 0) is 63.1 Å². The van der Waals surface area contributed by atoms with Crippen LogP contribution in [0.2, 0.25) is 0 Å². The van der Waals surface area contributed by atoms with Crippen LogP contribution in [0.25, 0.3) is 0 Å². The molecule has 0 fully saturated rings. The van der Waals surface area contributed by atoms with Crippen molar-refractivity contribution in [3.8, 4) is 0 Å². The average Bonchev–Trinajstić information content (AvgIpc) is 2.53. The first-order chi connectivity index (χ1) is 10.5. The summed E-state index contributed by atoms with van der Waals surface area (Å²) in [5.41, 5.74) is 3.50. The summed E-state index contributed by atoms with van der Waals surface area (Å²) in [6.07, 6.45) is 4.67. The Hall–Kier alpha value is -1.89. The molecule has 2 rings (SSSR count). The minimum atomic E-state index is -0.383. The molecule has 0 saturated carbocycles. The quantitative estimate of drug-likeness (QED) is 0.648. The molecular formula is C21H26O. The van der Waals surface area contributed by atoms with Crippen LogP contribution < -0.4 is 0 Å². The molecule has 0 aliphatic rings. The molecule has 0 heterocycles. The van der Waals surface area contributed by atoms with Crippen LogP contribution in [0, 0.1) is 0 Å². The molecule has 22 heavy (non-hydrogen) atoms. The van der Waals surface area contributed by atoms with Crippen molar-refractivity contribution >= 4 is 5.78 Å². The number of Topliss-reactive ketones (excluding diaryl/α,β-unsaturated/α-hetero) is 1. The van der Waals surface area contributed by atoms with Crippen LogP contribution in [0.5, 0.6) is 0 Å². The topological polar surface area (TPSA) is 17.1 Å². The minimum Gasteiger partial charge on any atom is -0.299 e. The lowest BCUT2D eigenvalue weighted by Gasteiger charge is -2.21. The molecule has 0 saturated heterocycles. The van der Waals surface area contributed by atoms with E-state index in [1.165, 1.54) is 24.0 Å². The zero-order chi connectivity index (χ0) is 16.0. The van der Waals surface area contributed by atoms with Gasteiger partial charge in [0.25, 0.3) is 0 Å². The second kappa shape index (κ2) is 7.40. The third kappa shape index (κ3) is 4.30. The second-order valence-electron chi connectivity index (χ2n) is 6.57. The Labute approximate surface area is 134 Å². The van der Waals surface area contributed by atoms with E-state index in [1.54, 1.807) is 6.92 Å². The largest absolute Gasteiger partial charge is 0.299 e. The Balaban J connectivity index is 1.83. The number of hydrogen-bond donors (Lipinski definition) is 0. The molecule has 2 aromatic rings. The van der Waals surface area contributed by atoms with E-state index < -0.39 is 0 Å². The van der Waals surface area contributed by atoms with Gasteiger partial charge < -0.3 is 0 Å². The van der Waals surface area contributed by atoms with Gasteiger partial charge in [-0.15, -0.1) is 0 Å². The SMILES string of the molecule is CC(=O)C(C)(C)c1ccc(CCCCc2ccccc2)cc1. The number of carbonyl (C=O) groups is 1. The monoisotopic (exact) mass is 294 g/mol. The maximum absolute atomic E-state index is 11.7. The first-order valence-electron chi connectivity index (χ1n) is 8.14. The molecule has 0 unspecified atom stereocenters. The summed E-state index contributed by atoms with van der Waals surface area (Å²) in [6.45, 7) is 5.64.